The molecule has 1 aliphatic heterocycles. The van der Waals surface area contributed by atoms with Crippen LogP contribution < -0.4 is 9.47 Å². The number of unbranched alkanes of at least 4 members (excludes halogenated alkanes) is 1. The van der Waals surface area contributed by atoms with Gasteiger partial charge in [-0.1, -0.05) is 43.2 Å². The molecule has 3 heteroatoms. The molecule has 0 aromatic heterocycles. The average Bonchev–Trinajstić information content (AvgIpc) is 2.68. The Bertz CT molecular complexity index is 901. The van der Waals surface area contributed by atoms with E-state index in [-0.39, 0.29) is 5.92 Å². The van der Waals surface area contributed by atoms with Crippen molar-refractivity contribution >= 4 is 0 Å². The molecule has 2 aromatic carbocycles. The molecule has 0 fully saturated rings. The van der Waals surface area contributed by atoms with Gasteiger partial charge >= 0.3 is 0 Å². The number of hydrogen-bond donors (Lipinski definition) is 1. The molecule has 1 heterocycles. The number of fused-ring (bicyclic) bond motifs is 1. The van der Waals surface area contributed by atoms with Crippen molar-refractivity contribution in [2.45, 2.75) is 66.3 Å². The molecule has 0 saturated heterocycles. The Morgan fingerprint density at radius 1 is 1.14 bits per heavy atom. The Morgan fingerprint density at radius 3 is 2.54 bits per heavy atom. The highest BCUT2D eigenvalue weighted by molar-refractivity contribution is 5.59. The normalized spacial score (nSPS) is 20.6. The Balaban J connectivity index is 1.96. The van der Waals surface area contributed by atoms with Crippen LogP contribution in [0.15, 0.2) is 30.3 Å². The van der Waals surface area contributed by atoms with Crippen LogP contribution in [-0.4, -0.2) is 10.9 Å². The van der Waals surface area contributed by atoms with Crippen molar-refractivity contribution < 1.29 is 14.6 Å². The molecule has 0 amide bonds. The van der Waals surface area contributed by atoms with Gasteiger partial charge in [0, 0.05) is 18.9 Å². The fourth-order valence-electron chi connectivity index (χ4n) is 3.66. The summed E-state index contributed by atoms with van der Waals surface area (Å²) in [6.07, 6.45) is 2.50. The van der Waals surface area contributed by atoms with E-state index < -0.39 is 5.79 Å². The summed E-state index contributed by atoms with van der Waals surface area (Å²) in [5.74, 6) is 6.55. The maximum absolute atomic E-state index is 10.9. The molecule has 1 unspecified atom stereocenters. The summed E-state index contributed by atoms with van der Waals surface area (Å²) in [6, 6.07) is 10.2. The molecule has 3 nitrogen and oxygen atoms in total. The van der Waals surface area contributed by atoms with Crippen LogP contribution in [-0.2, 0) is 13.0 Å². The van der Waals surface area contributed by atoms with Gasteiger partial charge in [0.2, 0.25) is 5.79 Å². The Hall–Kier alpha value is -2.44. The maximum atomic E-state index is 10.9. The van der Waals surface area contributed by atoms with E-state index in [1.165, 1.54) is 0 Å². The van der Waals surface area contributed by atoms with Gasteiger partial charge in [-0.2, -0.15) is 0 Å². The highest BCUT2D eigenvalue weighted by Gasteiger charge is 2.40. The lowest BCUT2D eigenvalue weighted by molar-refractivity contribution is -0.157. The fraction of sp³-hybridized carbons (Fsp3) is 0.440. The number of benzene rings is 2. The van der Waals surface area contributed by atoms with Gasteiger partial charge in [0.1, 0.15) is 18.1 Å². The molecule has 2 aromatic rings. The highest BCUT2D eigenvalue weighted by atomic mass is 16.6. The zero-order valence-corrected chi connectivity index (χ0v) is 17.6. The Morgan fingerprint density at radius 2 is 1.86 bits per heavy atom. The molecule has 28 heavy (non-hydrogen) atoms. The van der Waals surface area contributed by atoms with Crippen molar-refractivity contribution in [2.24, 2.45) is 5.92 Å². The van der Waals surface area contributed by atoms with Crippen LogP contribution in [0.2, 0.25) is 0 Å². The first-order chi connectivity index (χ1) is 13.3. The molecule has 3 rings (SSSR count). The predicted molar refractivity (Wildman–Crippen MR) is 113 cm³/mol. The first-order valence-corrected chi connectivity index (χ1v) is 10.0. The molecule has 0 bridgehead atoms. The summed E-state index contributed by atoms with van der Waals surface area (Å²) in [7, 11) is 0. The molecular formula is C25H30O3. The summed E-state index contributed by atoms with van der Waals surface area (Å²) >= 11 is 0. The van der Waals surface area contributed by atoms with Gasteiger partial charge in [-0.25, -0.2) is 0 Å². The van der Waals surface area contributed by atoms with Crippen LogP contribution in [0.4, 0.5) is 0 Å². The van der Waals surface area contributed by atoms with Gasteiger partial charge in [-0.15, -0.1) is 5.92 Å². The topological polar surface area (TPSA) is 38.7 Å². The number of rotatable bonds is 4. The first kappa shape index (κ1) is 20.3. The lowest BCUT2D eigenvalue weighted by atomic mass is 9.84. The largest absolute Gasteiger partial charge is 0.488 e. The van der Waals surface area contributed by atoms with Crippen LogP contribution in [0.5, 0.6) is 11.5 Å². The van der Waals surface area contributed by atoms with Gasteiger partial charge in [-0.3, -0.25) is 0 Å². The lowest BCUT2D eigenvalue weighted by Gasteiger charge is -2.38. The summed E-state index contributed by atoms with van der Waals surface area (Å²) in [6.45, 7) is 10.5. The summed E-state index contributed by atoms with van der Waals surface area (Å²) in [5.41, 5.74) is 5.38. The van der Waals surface area contributed by atoms with Crippen molar-refractivity contribution in [3.05, 3.63) is 58.1 Å². The van der Waals surface area contributed by atoms with Gasteiger partial charge in [0.05, 0.1) is 5.92 Å². The van der Waals surface area contributed by atoms with Gasteiger partial charge in [0.15, 0.2) is 0 Å². The van der Waals surface area contributed by atoms with Crippen LogP contribution in [0.1, 0.15) is 54.5 Å². The van der Waals surface area contributed by atoms with Gasteiger partial charge in [0.25, 0.3) is 0 Å². The average molecular weight is 379 g/mol. The molecule has 0 radical (unpaired) electrons. The van der Waals surface area contributed by atoms with Crippen molar-refractivity contribution in [3.8, 4) is 23.3 Å². The minimum atomic E-state index is -1.29. The van der Waals surface area contributed by atoms with E-state index in [4.69, 9.17) is 9.47 Å². The highest BCUT2D eigenvalue weighted by Crippen LogP contribution is 2.45. The fourth-order valence-corrected chi connectivity index (χ4v) is 3.66. The number of ether oxygens (including phenoxy) is 2. The smallest absolute Gasteiger partial charge is 0.219 e. The Kier molecular flexibility index (Phi) is 6.01. The predicted octanol–water partition coefficient (Wildman–Crippen LogP) is 5.25. The minimum absolute atomic E-state index is 0.255. The number of hydrogen-bond acceptors (Lipinski definition) is 3. The SMILES string of the molecule is CCCC#CC1Cc2c(C)c(OCc3ccccc3)c(C)c(C)c2O[C@@]1(C)O. The molecular weight excluding hydrogens is 348 g/mol. The van der Waals surface area contributed by atoms with Crippen molar-refractivity contribution in [1.29, 1.82) is 0 Å². The first-order valence-electron chi connectivity index (χ1n) is 10.0. The molecule has 148 valence electrons. The quantitative estimate of drug-likeness (QED) is 0.738. The van der Waals surface area contributed by atoms with E-state index in [1.54, 1.807) is 6.92 Å². The van der Waals surface area contributed by atoms with E-state index in [1.807, 2.05) is 32.0 Å². The molecule has 1 N–H and O–H groups in total. The minimum Gasteiger partial charge on any atom is -0.488 e. The van der Waals surface area contributed by atoms with Crippen LogP contribution in [0, 0.1) is 38.5 Å². The number of aliphatic hydroxyl groups is 1. The second-order valence-electron chi connectivity index (χ2n) is 7.77. The van der Waals surface area contributed by atoms with Crippen molar-refractivity contribution in [3.63, 3.8) is 0 Å². The third kappa shape index (κ3) is 4.03. The zero-order valence-electron chi connectivity index (χ0n) is 17.6. The third-order valence-electron chi connectivity index (χ3n) is 5.55. The van der Waals surface area contributed by atoms with E-state index in [2.05, 4.69) is 37.8 Å². The summed E-state index contributed by atoms with van der Waals surface area (Å²) < 4.78 is 12.3. The van der Waals surface area contributed by atoms with Crippen LogP contribution in [0.25, 0.3) is 0 Å². The standard InChI is InChI=1S/C25H30O3/c1-6-7-9-14-21-15-22-19(4)23(27-16-20-12-10-8-11-13-20)17(2)18(3)24(22)28-25(21,5)26/h8,10-13,21,26H,6-7,15-16H2,1-5H3/t21?,25-/m1/s1. The van der Waals surface area contributed by atoms with Crippen LogP contribution >= 0.6 is 0 Å². The van der Waals surface area contributed by atoms with Crippen LogP contribution in [0.3, 0.4) is 0 Å². The zero-order chi connectivity index (χ0) is 20.3. The molecule has 2 atom stereocenters. The lowest BCUT2D eigenvalue weighted by Crippen LogP contribution is -2.44. The second-order valence-corrected chi connectivity index (χ2v) is 7.77. The van der Waals surface area contributed by atoms with E-state index >= 15 is 0 Å². The molecule has 1 aliphatic rings. The Labute approximate surface area is 168 Å². The molecule has 0 spiro atoms. The maximum Gasteiger partial charge on any atom is 0.219 e. The van der Waals surface area contributed by atoms with E-state index in [9.17, 15) is 5.11 Å². The summed E-state index contributed by atoms with van der Waals surface area (Å²) in [5, 5.41) is 10.9. The van der Waals surface area contributed by atoms with E-state index in [0.717, 1.165) is 52.2 Å². The van der Waals surface area contributed by atoms with Crippen molar-refractivity contribution in [2.75, 3.05) is 0 Å². The van der Waals surface area contributed by atoms with Gasteiger partial charge in [-0.05, 0) is 55.9 Å². The van der Waals surface area contributed by atoms with E-state index in [0.29, 0.717) is 13.0 Å². The van der Waals surface area contributed by atoms with Crippen molar-refractivity contribution in [1.82, 2.24) is 0 Å². The van der Waals surface area contributed by atoms with Gasteiger partial charge < -0.3 is 14.6 Å². The molecule has 0 saturated carbocycles. The monoisotopic (exact) mass is 378 g/mol. The summed E-state index contributed by atoms with van der Waals surface area (Å²) in [4.78, 5) is 0. The third-order valence-corrected chi connectivity index (χ3v) is 5.55. The second kappa shape index (κ2) is 8.29. The molecule has 0 aliphatic carbocycles.